The number of aromatic amines is 1. The molecule has 0 fully saturated rings. The van der Waals surface area contributed by atoms with E-state index in [4.69, 9.17) is 4.52 Å². The third-order valence-electron chi connectivity index (χ3n) is 4.68. The fourth-order valence-electron chi connectivity index (χ4n) is 3.21. The Morgan fingerprint density at radius 1 is 1.15 bits per heavy atom. The van der Waals surface area contributed by atoms with Crippen molar-refractivity contribution in [2.24, 2.45) is 4.99 Å². The number of rotatable bonds is 6. The van der Waals surface area contributed by atoms with E-state index in [1.165, 1.54) is 27.6 Å². The molecule has 6 heteroatoms. The summed E-state index contributed by atoms with van der Waals surface area (Å²) in [6.45, 7) is 7.65. The number of benzene rings is 1. The van der Waals surface area contributed by atoms with Gasteiger partial charge in [0.25, 0.3) is 0 Å². The molecule has 0 bridgehead atoms. The average molecular weight is 353 g/mol. The molecule has 26 heavy (non-hydrogen) atoms. The number of nitrogens with one attached hydrogen (secondary N) is 3. The predicted octanol–water partition coefficient (Wildman–Crippen LogP) is 3.03. The summed E-state index contributed by atoms with van der Waals surface area (Å²) in [5.74, 6) is 1.70. The smallest absolute Gasteiger partial charge is 0.190 e. The van der Waals surface area contributed by atoms with Crippen LogP contribution in [0.4, 0.5) is 0 Å². The fraction of sp³-hybridized carbons (Fsp3) is 0.400. The summed E-state index contributed by atoms with van der Waals surface area (Å²) in [7, 11) is 1.79. The van der Waals surface area contributed by atoms with Gasteiger partial charge in [-0.3, -0.25) is 4.99 Å². The second-order valence-corrected chi connectivity index (χ2v) is 6.59. The molecule has 0 spiro atoms. The maximum absolute atomic E-state index is 5.20. The molecule has 2 heterocycles. The van der Waals surface area contributed by atoms with Crippen molar-refractivity contribution >= 4 is 16.9 Å². The SMILES string of the molecule is CN=C(NCCc1c(C)noc1C)NCCc1c[nH]c2cc(C)ccc12. The summed E-state index contributed by atoms with van der Waals surface area (Å²) in [4.78, 5) is 7.65. The van der Waals surface area contributed by atoms with E-state index in [2.05, 4.69) is 57.1 Å². The summed E-state index contributed by atoms with van der Waals surface area (Å²) < 4.78 is 5.20. The van der Waals surface area contributed by atoms with Crippen LogP contribution in [-0.2, 0) is 12.8 Å². The Kier molecular flexibility index (Phi) is 5.61. The van der Waals surface area contributed by atoms with E-state index in [-0.39, 0.29) is 0 Å². The number of H-pyrrole nitrogens is 1. The van der Waals surface area contributed by atoms with Crippen LogP contribution in [0.15, 0.2) is 33.9 Å². The molecular weight excluding hydrogens is 326 g/mol. The molecule has 3 N–H and O–H groups in total. The zero-order valence-electron chi connectivity index (χ0n) is 15.9. The summed E-state index contributed by atoms with van der Waals surface area (Å²) in [5, 5.41) is 12.0. The lowest BCUT2D eigenvalue weighted by molar-refractivity contribution is 0.392. The van der Waals surface area contributed by atoms with Crippen LogP contribution in [0.2, 0.25) is 0 Å². The van der Waals surface area contributed by atoms with Crippen LogP contribution < -0.4 is 10.6 Å². The van der Waals surface area contributed by atoms with E-state index in [1.54, 1.807) is 7.05 Å². The van der Waals surface area contributed by atoms with E-state index in [0.29, 0.717) is 0 Å². The van der Waals surface area contributed by atoms with E-state index < -0.39 is 0 Å². The number of hydrogen-bond acceptors (Lipinski definition) is 3. The van der Waals surface area contributed by atoms with Crippen LogP contribution in [-0.4, -0.2) is 36.2 Å². The van der Waals surface area contributed by atoms with Gasteiger partial charge in [-0.2, -0.15) is 0 Å². The second-order valence-electron chi connectivity index (χ2n) is 6.59. The first-order chi connectivity index (χ1) is 12.6. The number of hydrogen-bond donors (Lipinski definition) is 3. The average Bonchev–Trinajstić information content (AvgIpc) is 3.17. The summed E-state index contributed by atoms with van der Waals surface area (Å²) in [6.07, 6.45) is 3.90. The lowest BCUT2D eigenvalue weighted by Gasteiger charge is -2.11. The maximum Gasteiger partial charge on any atom is 0.190 e. The quantitative estimate of drug-likeness (QED) is 0.470. The topological polar surface area (TPSA) is 78.2 Å². The minimum Gasteiger partial charge on any atom is -0.361 e. The highest BCUT2D eigenvalue weighted by molar-refractivity contribution is 5.84. The largest absolute Gasteiger partial charge is 0.361 e. The first-order valence-corrected chi connectivity index (χ1v) is 9.01. The van der Waals surface area contributed by atoms with Gasteiger partial charge in [-0.15, -0.1) is 0 Å². The summed E-state index contributed by atoms with van der Waals surface area (Å²) >= 11 is 0. The van der Waals surface area contributed by atoms with Gasteiger partial charge in [-0.25, -0.2) is 0 Å². The normalized spacial score (nSPS) is 11.9. The number of aliphatic imine (C=N–C) groups is 1. The highest BCUT2D eigenvalue weighted by atomic mass is 16.5. The Hall–Kier alpha value is -2.76. The molecule has 1 aromatic carbocycles. The van der Waals surface area contributed by atoms with Crippen molar-refractivity contribution in [3.63, 3.8) is 0 Å². The van der Waals surface area contributed by atoms with Crippen LogP contribution in [0.1, 0.15) is 28.1 Å². The van der Waals surface area contributed by atoms with Crippen molar-refractivity contribution in [1.82, 2.24) is 20.8 Å². The van der Waals surface area contributed by atoms with Crippen molar-refractivity contribution in [2.75, 3.05) is 20.1 Å². The number of guanidine groups is 1. The van der Waals surface area contributed by atoms with Gasteiger partial charge in [0.05, 0.1) is 5.69 Å². The van der Waals surface area contributed by atoms with Crippen LogP contribution in [0.5, 0.6) is 0 Å². The summed E-state index contributed by atoms with van der Waals surface area (Å²) in [5.41, 5.74) is 5.91. The highest BCUT2D eigenvalue weighted by Crippen LogP contribution is 2.19. The van der Waals surface area contributed by atoms with Crippen molar-refractivity contribution in [3.05, 3.63) is 52.5 Å². The molecule has 0 aliphatic heterocycles. The monoisotopic (exact) mass is 353 g/mol. The molecule has 0 unspecified atom stereocenters. The van der Waals surface area contributed by atoms with Crippen LogP contribution in [0, 0.1) is 20.8 Å². The van der Waals surface area contributed by atoms with Gasteiger partial charge in [0, 0.05) is 42.8 Å². The minimum atomic E-state index is 0.787. The molecule has 0 amide bonds. The minimum absolute atomic E-state index is 0.787. The molecular formula is C20H27N5O. The van der Waals surface area contributed by atoms with Crippen LogP contribution in [0.25, 0.3) is 10.9 Å². The Balaban J connectivity index is 1.48. The third kappa shape index (κ3) is 4.07. The van der Waals surface area contributed by atoms with Gasteiger partial charge in [0.1, 0.15) is 5.76 Å². The molecule has 0 atom stereocenters. The lowest BCUT2D eigenvalue weighted by atomic mass is 10.1. The Morgan fingerprint density at radius 3 is 2.62 bits per heavy atom. The molecule has 2 aromatic heterocycles. The van der Waals surface area contributed by atoms with E-state index in [9.17, 15) is 0 Å². The molecule has 3 aromatic rings. The molecule has 0 saturated heterocycles. The molecule has 6 nitrogen and oxygen atoms in total. The van der Waals surface area contributed by atoms with Crippen LogP contribution in [0.3, 0.4) is 0 Å². The van der Waals surface area contributed by atoms with Gasteiger partial charge in [-0.1, -0.05) is 17.3 Å². The fourth-order valence-corrected chi connectivity index (χ4v) is 3.21. The lowest BCUT2D eigenvalue weighted by Crippen LogP contribution is -2.39. The van der Waals surface area contributed by atoms with E-state index in [1.807, 2.05) is 13.8 Å². The van der Waals surface area contributed by atoms with Crippen molar-refractivity contribution in [2.45, 2.75) is 33.6 Å². The first kappa shape index (κ1) is 18.0. The molecule has 0 radical (unpaired) electrons. The van der Waals surface area contributed by atoms with E-state index in [0.717, 1.165) is 43.3 Å². The highest BCUT2D eigenvalue weighted by Gasteiger charge is 2.09. The number of fused-ring (bicyclic) bond motifs is 1. The van der Waals surface area contributed by atoms with Gasteiger partial charge in [0.2, 0.25) is 0 Å². The molecule has 138 valence electrons. The third-order valence-corrected chi connectivity index (χ3v) is 4.68. The van der Waals surface area contributed by atoms with Gasteiger partial charge >= 0.3 is 0 Å². The molecule has 0 aliphatic rings. The maximum atomic E-state index is 5.20. The first-order valence-electron chi connectivity index (χ1n) is 9.01. The second kappa shape index (κ2) is 8.08. The number of aromatic nitrogens is 2. The van der Waals surface area contributed by atoms with Gasteiger partial charge in [-0.05, 0) is 50.8 Å². The van der Waals surface area contributed by atoms with Gasteiger partial charge in [0.15, 0.2) is 5.96 Å². The summed E-state index contributed by atoms with van der Waals surface area (Å²) in [6, 6.07) is 6.52. The van der Waals surface area contributed by atoms with Crippen LogP contribution >= 0.6 is 0 Å². The number of aryl methyl sites for hydroxylation is 3. The standard InChI is InChI=1S/C20H27N5O/c1-13-5-6-18-16(12-24-19(18)11-13)7-9-22-20(21-4)23-10-8-17-14(2)25-26-15(17)3/h5-6,11-12,24H,7-10H2,1-4H3,(H2,21,22,23). The Morgan fingerprint density at radius 2 is 1.92 bits per heavy atom. The predicted molar refractivity (Wildman–Crippen MR) is 106 cm³/mol. The van der Waals surface area contributed by atoms with Gasteiger partial charge < -0.3 is 20.1 Å². The van der Waals surface area contributed by atoms with Crippen molar-refractivity contribution in [1.29, 1.82) is 0 Å². The zero-order chi connectivity index (χ0) is 18.5. The Bertz CT molecular complexity index is 887. The van der Waals surface area contributed by atoms with Crippen molar-refractivity contribution < 1.29 is 4.52 Å². The van der Waals surface area contributed by atoms with Crippen molar-refractivity contribution in [3.8, 4) is 0 Å². The van der Waals surface area contributed by atoms with E-state index >= 15 is 0 Å². The molecule has 0 saturated carbocycles. The molecule has 0 aliphatic carbocycles. The zero-order valence-corrected chi connectivity index (χ0v) is 15.9. The Labute approximate surface area is 154 Å². The number of nitrogens with zero attached hydrogens (tertiary/aromatic N) is 2. The molecule has 3 rings (SSSR count).